The summed E-state index contributed by atoms with van der Waals surface area (Å²) in [5.74, 6) is 0.0843. The largest absolute Gasteiger partial charge is 0.507 e. The molecule has 2 aromatic rings. The zero-order chi connectivity index (χ0) is 20.5. The average molecular weight is 394 g/mol. The van der Waals surface area contributed by atoms with Gasteiger partial charge < -0.3 is 9.84 Å². The maximum absolute atomic E-state index is 12.8. The number of phenolic OH excluding ortho intramolecular Hbond substituents is 1. The lowest BCUT2D eigenvalue weighted by molar-refractivity contribution is -0.141. The highest BCUT2D eigenvalue weighted by Gasteiger charge is 2.32. The summed E-state index contributed by atoms with van der Waals surface area (Å²) in [5.41, 5.74) is 1.59. The molecule has 0 saturated carbocycles. The fourth-order valence-electron chi connectivity index (χ4n) is 3.19. The molecule has 0 amide bonds. The fourth-order valence-corrected chi connectivity index (χ4v) is 3.19. The van der Waals surface area contributed by atoms with Gasteiger partial charge in [0.1, 0.15) is 11.4 Å². The summed E-state index contributed by atoms with van der Waals surface area (Å²) in [4.78, 5) is 5.74. The summed E-state index contributed by atoms with van der Waals surface area (Å²) in [7, 11) is 0. The highest BCUT2D eigenvalue weighted by molar-refractivity contribution is 5.72. The molecule has 1 aliphatic heterocycles. The molecule has 0 radical (unpaired) electrons. The first-order valence-corrected chi connectivity index (χ1v) is 9.26. The van der Waals surface area contributed by atoms with Crippen LogP contribution in [0.15, 0.2) is 30.5 Å². The van der Waals surface area contributed by atoms with Crippen LogP contribution in [0.3, 0.4) is 0 Å². The van der Waals surface area contributed by atoms with Crippen LogP contribution in [0, 0.1) is 0 Å². The predicted molar refractivity (Wildman–Crippen MR) is 101 cm³/mol. The van der Waals surface area contributed by atoms with E-state index in [4.69, 9.17) is 4.74 Å². The summed E-state index contributed by atoms with van der Waals surface area (Å²) < 4.78 is 43.8. The normalized spacial score (nSPS) is 16.4. The summed E-state index contributed by atoms with van der Waals surface area (Å²) in [6.45, 7) is 9.59. The van der Waals surface area contributed by atoms with Crippen LogP contribution in [0.5, 0.6) is 5.75 Å². The number of benzene rings is 1. The van der Waals surface area contributed by atoms with Crippen molar-refractivity contribution in [1.29, 1.82) is 0 Å². The molecule has 1 N–H and O–H groups in total. The van der Waals surface area contributed by atoms with Crippen LogP contribution in [-0.2, 0) is 22.9 Å². The molecule has 0 bridgehead atoms. The van der Waals surface area contributed by atoms with E-state index in [2.05, 4.69) is 30.7 Å². The van der Waals surface area contributed by atoms with Crippen LogP contribution in [0.25, 0.3) is 11.1 Å². The Hall–Kier alpha value is -2.12. The summed E-state index contributed by atoms with van der Waals surface area (Å²) in [5, 5.41) is 10.9. The third kappa shape index (κ3) is 4.64. The van der Waals surface area contributed by atoms with Gasteiger partial charge in [0.25, 0.3) is 0 Å². The first-order chi connectivity index (χ1) is 13.1. The molecule has 0 atom stereocenters. The third-order valence-corrected chi connectivity index (χ3v) is 4.92. The van der Waals surface area contributed by atoms with E-state index in [1.54, 1.807) is 0 Å². The van der Waals surface area contributed by atoms with E-state index in [0.29, 0.717) is 30.9 Å². The Morgan fingerprint density at radius 2 is 1.79 bits per heavy atom. The molecule has 152 valence electrons. The molecule has 2 heterocycles. The van der Waals surface area contributed by atoms with Crippen molar-refractivity contribution in [1.82, 2.24) is 9.88 Å². The standard InChI is InChI=1S/C21H25F3N2O2/c1-20(2,3)16-10-15(13-26-6-8-28-9-7-26)19(27)17(11-16)14-4-5-18(25-12-14)21(22,23)24/h4-5,10-12,27H,6-9,13H2,1-3H3. The van der Waals surface area contributed by atoms with Crippen LogP contribution in [0.2, 0.25) is 0 Å². The maximum atomic E-state index is 12.8. The number of pyridine rings is 1. The van der Waals surface area contributed by atoms with E-state index < -0.39 is 11.9 Å². The molecular formula is C21H25F3N2O2. The van der Waals surface area contributed by atoms with Gasteiger partial charge in [0.05, 0.1) is 13.2 Å². The first-order valence-electron chi connectivity index (χ1n) is 9.26. The maximum Gasteiger partial charge on any atom is 0.433 e. The van der Waals surface area contributed by atoms with Gasteiger partial charge in [-0.1, -0.05) is 32.9 Å². The molecule has 7 heteroatoms. The molecule has 1 aliphatic rings. The highest BCUT2D eigenvalue weighted by atomic mass is 19.4. The van der Waals surface area contributed by atoms with Crippen molar-refractivity contribution in [3.8, 4) is 16.9 Å². The van der Waals surface area contributed by atoms with E-state index in [1.807, 2.05) is 12.1 Å². The number of aromatic nitrogens is 1. The Balaban J connectivity index is 2.02. The van der Waals surface area contributed by atoms with Crippen molar-refractivity contribution in [2.24, 2.45) is 0 Å². The van der Waals surface area contributed by atoms with Gasteiger partial charge in [-0.25, -0.2) is 0 Å². The Kier molecular flexibility index (Phi) is 5.68. The zero-order valence-electron chi connectivity index (χ0n) is 16.3. The molecule has 0 spiro atoms. The second kappa shape index (κ2) is 7.72. The molecule has 1 aromatic carbocycles. The minimum Gasteiger partial charge on any atom is -0.507 e. The van der Waals surface area contributed by atoms with Crippen LogP contribution >= 0.6 is 0 Å². The predicted octanol–water partition coefficient (Wildman–Crippen LogP) is 4.60. The van der Waals surface area contributed by atoms with Gasteiger partial charge in [0, 0.05) is 42.5 Å². The van der Waals surface area contributed by atoms with Crippen LogP contribution in [0.4, 0.5) is 13.2 Å². The monoisotopic (exact) mass is 394 g/mol. The Morgan fingerprint density at radius 3 is 2.32 bits per heavy atom. The highest BCUT2D eigenvalue weighted by Crippen LogP contribution is 2.38. The second-order valence-corrected chi connectivity index (χ2v) is 8.10. The minimum absolute atomic E-state index is 0.0843. The molecule has 0 unspecified atom stereocenters. The van der Waals surface area contributed by atoms with Gasteiger partial charge >= 0.3 is 6.18 Å². The van der Waals surface area contributed by atoms with E-state index in [1.165, 1.54) is 12.3 Å². The van der Waals surface area contributed by atoms with Crippen molar-refractivity contribution in [3.05, 3.63) is 47.3 Å². The number of rotatable bonds is 3. The lowest BCUT2D eigenvalue weighted by Gasteiger charge is -2.28. The van der Waals surface area contributed by atoms with Gasteiger partial charge in [-0.2, -0.15) is 13.2 Å². The number of morpholine rings is 1. The van der Waals surface area contributed by atoms with Gasteiger partial charge in [0.15, 0.2) is 0 Å². The van der Waals surface area contributed by atoms with E-state index >= 15 is 0 Å². The quantitative estimate of drug-likeness (QED) is 0.826. The van der Waals surface area contributed by atoms with Gasteiger partial charge in [0.2, 0.25) is 0 Å². The Morgan fingerprint density at radius 1 is 1.11 bits per heavy atom. The fraction of sp³-hybridized carbons (Fsp3) is 0.476. The summed E-state index contributed by atoms with van der Waals surface area (Å²) in [6.07, 6.45) is -3.32. The number of ether oxygens (including phenoxy) is 1. The number of alkyl halides is 3. The second-order valence-electron chi connectivity index (χ2n) is 8.10. The van der Waals surface area contributed by atoms with Crippen molar-refractivity contribution in [3.63, 3.8) is 0 Å². The molecule has 1 fully saturated rings. The minimum atomic E-state index is -4.49. The van der Waals surface area contributed by atoms with E-state index in [9.17, 15) is 18.3 Å². The SMILES string of the molecule is CC(C)(C)c1cc(CN2CCOCC2)c(O)c(-c2ccc(C(F)(F)F)nc2)c1. The van der Waals surface area contributed by atoms with Crippen molar-refractivity contribution in [2.45, 2.75) is 38.9 Å². The lowest BCUT2D eigenvalue weighted by Crippen LogP contribution is -2.35. The molecule has 28 heavy (non-hydrogen) atoms. The van der Waals surface area contributed by atoms with Crippen LogP contribution < -0.4 is 0 Å². The zero-order valence-corrected chi connectivity index (χ0v) is 16.3. The molecule has 4 nitrogen and oxygen atoms in total. The van der Waals surface area contributed by atoms with Gasteiger partial charge in [-0.05, 0) is 23.1 Å². The summed E-state index contributed by atoms with van der Waals surface area (Å²) in [6, 6.07) is 6.12. The van der Waals surface area contributed by atoms with Gasteiger partial charge in [-0.3, -0.25) is 9.88 Å². The van der Waals surface area contributed by atoms with Crippen LogP contribution in [-0.4, -0.2) is 41.3 Å². The number of nitrogens with zero attached hydrogens (tertiary/aromatic N) is 2. The van der Waals surface area contributed by atoms with Crippen molar-refractivity contribution < 1.29 is 23.0 Å². The van der Waals surface area contributed by atoms with E-state index in [-0.39, 0.29) is 11.2 Å². The van der Waals surface area contributed by atoms with Crippen molar-refractivity contribution in [2.75, 3.05) is 26.3 Å². The molecule has 3 rings (SSSR count). The molecular weight excluding hydrogens is 369 g/mol. The molecule has 1 saturated heterocycles. The molecule has 0 aliphatic carbocycles. The third-order valence-electron chi connectivity index (χ3n) is 4.92. The van der Waals surface area contributed by atoms with Gasteiger partial charge in [-0.15, -0.1) is 0 Å². The number of halogens is 3. The Labute approximate surface area is 163 Å². The topological polar surface area (TPSA) is 45.6 Å². The number of phenols is 1. The Bertz CT molecular complexity index is 821. The number of hydrogen-bond acceptors (Lipinski definition) is 4. The van der Waals surface area contributed by atoms with Crippen LogP contribution in [0.1, 0.15) is 37.6 Å². The average Bonchev–Trinajstić information content (AvgIpc) is 2.63. The number of hydrogen-bond donors (Lipinski definition) is 1. The first kappa shape index (κ1) is 20.6. The lowest BCUT2D eigenvalue weighted by atomic mass is 9.83. The smallest absolute Gasteiger partial charge is 0.433 e. The number of aromatic hydroxyl groups is 1. The summed E-state index contributed by atoms with van der Waals surface area (Å²) >= 11 is 0. The molecule has 1 aromatic heterocycles. The van der Waals surface area contributed by atoms with Crippen molar-refractivity contribution >= 4 is 0 Å². The van der Waals surface area contributed by atoms with E-state index in [0.717, 1.165) is 30.3 Å².